The van der Waals surface area contributed by atoms with Crippen molar-refractivity contribution in [3.05, 3.63) is 36.0 Å². The number of hydrogen-bond donors (Lipinski definition) is 2. The second-order valence-electron chi connectivity index (χ2n) is 7.02. The van der Waals surface area contributed by atoms with E-state index in [1.54, 1.807) is 25.3 Å². The van der Waals surface area contributed by atoms with E-state index in [2.05, 4.69) is 15.6 Å². The number of sulfonamides is 1. The van der Waals surface area contributed by atoms with E-state index in [-0.39, 0.29) is 18.0 Å². The Morgan fingerprint density at radius 3 is 2.52 bits per heavy atom. The summed E-state index contributed by atoms with van der Waals surface area (Å²) in [6.07, 6.45) is 1.66. The van der Waals surface area contributed by atoms with E-state index in [1.165, 1.54) is 11.4 Å². The highest BCUT2D eigenvalue weighted by molar-refractivity contribution is 7.89. The standard InChI is InChI=1S/C19H25N5O4S/c1-13-11-15-5-4-6-16(17(15)21-12-13)29(27,28)24-9-7-23(8-10-24)14(2)18(25)22-19(26)20-3/h4-6,11-12,14H,7-10H2,1-3H3,(H2,20,22,25,26). The smallest absolute Gasteiger partial charge is 0.321 e. The normalized spacial score (nSPS) is 17.1. The average Bonchev–Trinajstić information content (AvgIpc) is 2.72. The van der Waals surface area contributed by atoms with Gasteiger partial charge in [-0.3, -0.25) is 20.0 Å². The predicted molar refractivity (Wildman–Crippen MR) is 109 cm³/mol. The Kier molecular flexibility index (Phi) is 6.15. The molecule has 156 valence electrons. The van der Waals surface area contributed by atoms with E-state index in [0.717, 1.165) is 10.9 Å². The van der Waals surface area contributed by atoms with Crippen molar-refractivity contribution in [2.45, 2.75) is 24.8 Å². The van der Waals surface area contributed by atoms with E-state index in [0.29, 0.717) is 18.6 Å². The van der Waals surface area contributed by atoms with Crippen molar-refractivity contribution < 1.29 is 18.0 Å². The minimum Gasteiger partial charge on any atom is -0.341 e. The zero-order valence-corrected chi connectivity index (χ0v) is 17.5. The van der Waals surface area contributed by atoms with Gasteiger partial charge in [0.05, 0.1) is 11.6 Å². The molecule has 3 amide bonds. The number of benzene rings is 1. The largest absolute Gasteiger partial charge is 0.341 e. The third-order valence-electron chi connectivity index (χ3n) is 5.09. The molecule has 0 bridgehead atoms. The summed E-state index contributed by atoms with van der Waals surface area (Å²) in [6, 6.07) is 5.94. The van der Waals surface area contributed by atoms with Crippen LogP contribution in [-0.4, -0.2) is 73.8 Å². The zero-order chi connectivity index (χ0) is 21.2. The summed E-state index contributed by atoms with van der Waals surface area (Å²) in [5.41, 5.74) is 1.42. The second-order valence-corrected chi connectivity index (χ2v) is 8.93. The van der Waals surface area contributed by atoms with Crippen LogP contribution >= 0.6 is 0 Å². The number of pyridine rings is 1. The lowest BCUT2D eigenvalue weighted by atomic mass is 10.2. The topological polar surface area (TPSA) is 112 Å². The van der Waals surface area contributed by atoms with E-state index in [4.69, 9.17) is 0 Å². The lowest BCUT2D eigenvalue weighted by Crippen LogP contribution is -2.56. The number of hydrogen-bond acceptors (Lipinski definition) is 6. The van der Waals surface area contributed by atoms with Gasteiger partial charge in [-0.2, -0.15) is 4.31 Å². The molecular formula is C19H25N5O4S. The Bertz CT molecular complexity index is 1030. The number of aryl methyl sites for hydroxylation is 1. The number of nitrogens with zero attached hydrogens (tertiary/aromatic N) is 3. The molecule has 1 atom stereocenters. The van der Waals surface area contributed by atoms with Crippen molar-refractivity contribution >= 4 is 32.9 Å². The number of aromatic nitrogens is 1. The first-order chi connectivity index (χ1) is 13.7. The summed E-state index contributed by atoms with van der Waals surface area (Å²) in [5.74, 6) is -0.422. The van der Waals surface area contributed by atoms with Gasteiger partial charge >= 0.3 is 6.03 Å². The Hall–Kier alpha value is -2.56. The molecule has 0 radical (unpaired) electrons. The molecule has 1 saturated heterocycles. The minimum absolute atomic E-state index is 0.189. The van der Waals surface area contributed by atoms with Gasteiger partial charge in [-0.15, -0.1) is 0 Å². The Morgan fingerprint density at radius 2 is 1.86 bits per heavy atom. The summed E-state index contributed by atoms with van der Waals surface area (Å²) < 4.78 is 27.9. The fourth-order valence-electron chi connectivity index (χ4n) is 3.37. The molecule has 10 heteroatoms. The van der Waals surface area contributed by atoms with E-state index in [1.807, 2.05) is 24.0 Å². The molecule has 1 fully saturated rings. The van der Waals surface area contributed by atoms with E-state index in [9.17, 15) is 18.0 Å². The van der Waals surface area contributed by atoms with Gasteiger partial charge in [0.25, 0.3) is 0 Å². The molecule has 0 aliphatic carbocycles. The van der Waals surface area contributed by atoms with Crippen molar-refractivity contribution in [3.63, 3.8) is 0 Å². The van der Waals surface area contributed by atoms with Gasteiger partial charge in [-0.1, -0.05) is 12.1 Å². The van der Waals surface area contributed by atoms with Gasteiger partial charge in [0.15, 0.2) is 0 Å². The van der Waals surface area contributed by atoms with Crippen LogP contribution in [0.25, 0.3) is 10.9 Å². The van der Waals surface area contributed by atoms with Crippen molar-refractivity contribution in [1.82, 2.24) is 24.8 Å². The maximum absolute atomic E-state index is 13.2. The van der Waals surface area contributed by atoms with Crippen LogP contribution in [0.3, 0.4) is 0 Å². The Morgan fingerprint density at radius 1 is 1.17 bits per heavy atom. The van der Waals surface area contributed by atoms with Crippen LogP contribution in [0.15, 0.2) is 35.4 Å². The summed E-state index contributed by atoms with van der Waals surface area (Å²) in [4.78, 5) is 29.8. The van der Waals surface area contributed by atoms with Gasteiger partial charge in [-0.25, -0.2) is 13.2 Å². The number of carbonyl (C=O) groups is 2. The van der Waals surface area contributed by atoms with Crippen LogP contribution in [0.5, 0.6) is 0 Å². The highest BCUT2D eigenvalue weighted by atomic mass is 32.2. The Labute approximate surface area is 170 Å². The number of rotatable bonds is 4. The molecule has 1 aromatic heterocycles. The van der Waals surface area contributed by atoms with Crippen LogP contribution < -0.4 is 10.6 Å². The maximum Gasteiger partial charge on any atom is 0.321 e. The van der Waals surface area contributed by atoms with Crippen molar-refractivity contribution in [1.29, 1.82) is 0 Å². The molecule has 0 spiro atoms. The monoisotopic (exact) mass is 419 g/mol. The molecule has 29 heavy (non-hydrogen) atoms. The SMILES string of the molecule is CNC(=O)NC(=O)C(C)N1CCN(S(=O)(=O)c2cccc3cc(C)cnc23)CC1. The molecule has 1 aliphatic rings. The fourth-order valence-corrected chi connectivity index (χ4v) is 4.95. The summed E-state index contributed by atoms with van der Waals surface area (Å²) in [6.45, 7) is 4.88. The molecule has 2 aromatic rings. The molecule has 1 unspecified atom stereocenters. The third-order valence-corrected chi connectivity index (χ3v) is 7.02. The molecule has 2 N–H and O–H groups in total. The number of para-hydroxylation sites is 1. The number of urea groups is 1. The van der Waals surface area contributed by atoms with Crippen LogP contribution in [-0.2, 0) is 14.8 Å². The second kappa shape index (κ2) is 8.44. The molecule has 1 aromatic carbocycles. The zero-order valence-electron chi connectivity index (χ0n) is 16.7. The minimum atomic E-state index is -3.71. The highest BCUT2D eigenvalue weighted by Gasteiger charge is 2.33. The molecule has 3 rings (SSSR count). The third kappa shape index (κ3) is 4.39. The quantitative estimate of drug-likeness (QED) is 0.754. The number of amides is 3. The van der Waals surface area contributed by atoms with Crippen molar-refractivity contribution in [3.8, 4) is 0 Å². The van der Waals surface area contributed by atoms with Crippen molar-refractivity contribution in [2.24, 2.45) is 0 Å². The predicted octanol–water partition coefficient (Wildman–Crippen LogP) is 0.694. The fraction of sp³-hybridized carbons (Fsp3) is 0.421. The first-order valence-corrected chi connectivity index (χ1v) is 10.8. The highest BCUT2D eigenvalue weighted by Crippen LogP contribution is 2.25. The number of piperazine rings is 1. The summed E-state index contributed by atoms with van der Waals surface area (Å²) >= 11 is 0. The van der Waals surface area contributed by atoms with Crippen LogP contribution in [0, 0.1) is 6.92 Å². The number of imide groups is 1. The number of carbonyl (C=O) groups excluding carboxylic acids is 2. The van der Waals surface area contributed by atoms with Crippen LogP contribution in [0.2, 0.25) is 0 Å². The average molecular weight is 420 g/mol. The molecule has 1 aliphatic heterocycles. The lowest BCUT2D eigenvalue weighted by molar-refractivity contribution is -0.125. The van der Waals surface area contributed by atoms with Crippen LogP contribution in [0.1, 0.15) is 12.5 Å². The Balaban J connectivity index is 1.74. The van der Waals surface area contributed by atoms with Gasteiger partial charge < -0.3 is 5.32 Å². The summed E-state index contributed by atoms with van der Waals surface area (Å²) in [7, 11) is -2.28. The number of fused-ring (bicyclic) bond motifs is 1. The van der Waals surface area contributed by atoms with Gasteiger partial charge in [0.1, 0.15) is 4.90 Å². The number of nitrogens with one attached hydrogen (secondary N) is 2. The molecule has 2 heterocycles. The van der Waals surface area contributed by atoms with Crippen LogP contribution in [0.4, 0.5) is 4.79 Å². The van der Waals surface area contributed by atoms with Gasteiger partial charge in [-0.05, 0) is 31.5 Å². The van der Waals surface area contributed by atoms with Gasteiger partial charge in [0.2, 0.25) is 15.9 Å². The lowest BCUT2D eigenvalue weighted by Gasteiger charge is -2.36. The van der Waals surface area contributed by atoms with E-state index < -0.39 is 28.0 Å². The van der Waals surface area contributed by atoms with Gasteiger partial charge in [0, 0.05) is 44.8 Å². The molecule has 0 saturated carbocycles. The summed E-state index contributed by atoms with van der Waals surface area (Å²) in [5, 5.41) is 5.36. The molecular weight excluding hydrogens is 394 g/mol. The maximum atomic E-state index is 13.2. The molecule has 9 nitrogen and oxygen atoms in total. The first-order valence-electron chi connectivity index (χ1n) is 9.36. The van der Waals surface area contributed by atoms with Crippen molar-refractivity contribution in [2.75, 3.05) is 33.2 Å². The first kappa shape index (κ1) is 21.2. The van der Waals surface area contributed by atoms with E-state index >= 15 is 0 Å².